The summed E-state index contributed by atoms with van der Waals surface area (Å²) in [5.74, 6) is 4.07. The molecule has 0 fully saturated rings. The van der Waals surface area contributed by atoms with E-state index in [4.69, 9.17) is 8.83 Å². The third kappa shape index (κ3) is 2.62. The first-order valence-corrected chi connectivity index (χ1v) is 8.13. The normalized spacial score (nSPS) is 15.2. The molecule has 0 N–H and O–H groups in total. The Morgan fingerprint density at radius 2 is 2.04 bits per heavy atom. The zero-order valence-corrected chi connectivity index (χ0v) is 14.1. The van der Waals surface area contributed by atoms with Gasteiger partial charge < -0.3 is 13.4 Å². The summed E-state index contributed by atoms with van der Waals surface area (Å²) in [7, 11) is 0. The summed E-state index contributed by atoms with van der Waals surface area (Å²) in [5.41, 5.74) is 0.984. The van der Waals surface area contributed by atoms with Gasteiger partial charge in [0, 0.05) is 24.6 Å². The number of hydrogen-bond acceptors (Lipinski definition) is 7. The van der Waals surface area contributed by atoms with E-state index in [1.807, 2.05) is 13.0 Å². The molecule has 0 aromatic carbocycles. The van der Waals surface area contributed by atoms with Crippen LogP contribution in [-0.2, 0) is 19.6 Å². The molecule has 126 valence electrons. The Labute approximate surface area is 139 Å². The molecule has 3 aromatic heterocycles. The lowest BCUT2D eigenvalue weighted by atomic mass is 10.2. The zero-order valence-electron chi connectivity index (χ0n) is 14.1. The Morgan fingerprint density at radius 3 is 2.79 bits per heavy atom. The molecule has 0 amide bonds. The molecule has 3 aromatic rings. The summed E-state index contributed by atoms with van der Waals surface area (Å²) in [6, 6.07) is 1.88. The van der Waals surface area contributed by atoms with Crippen LogP contribution < -0.4 is 0 Å². The van der Waals surface area contributed by atoms with Gasteiger partial charge in [-0.15, -0.1) is 20.4 Å². The van der Waals surface area contributed by atoms with Crippen molar-refractivity contribution in [3.8, 4) is 11.7 Å². The van der Waals surface area contributed by atoms with Crippen LogP contribution >= 0.6 is 0 Å². The number of rotatable bonds is 4. The molecule has 0 spiro atoms. The molecule has 8 nitrogen and oxygen atoms in total. The van der Waals surface area contributed by atoms with Crippen LogP contribution in [0.2, 0.25) is 0 Å². The van der Waals surface area contributed by atoms with E-state index in [2.05, 4.69) is 43.7 Å². The monoisotopic (exact) mass is 328 g/mol. The van der Waals surface area contributed by atoms with Crippen molar-refractivity contribution < 1.29 is 8.83 Å². The van der Waals surface area contributed by atoms with Gasteiger partial charge in [-0.3, -0.25) is 4.90 Å². The van der Waals surface area contributed by atoms with E-state index in [-0.39, 0.29) is 0 Å². The van der Waals surface area contributed by atoms with E-state index in [9.17, 15) is 0 Å². The molecule has 0 aliphatic carbocycles. The zero-order chi connectivity index (χ0) is 16.7. The predicted molar refractivity (Wildman–Crippen MR) is 85.0 cm³/mol. The fraction of sp³-hybridized carbons (Fsp3) is 0.500. The Morgan fingerprint density at radius 1 is 1.17 bits per heavy atom. The largest absolute Gasteiger partial charge is 0.459 e. The summed E-state index contributed by atoms with van der Waals surface area (Å²) < 4.78 is 13.4. The molecule has 0 saturated heterocycles. The van der Waals surface area contributed by atoms with Crippen molar-refractivity contribution in [1.82, 2.24) is 29.9 Å². The molecule has 8 heteroatoms. The number of fused-ring (bicyclic) bond motifs is 1. The highest BCUT2D eigenvalue weighted by molar-refractivity contribution is 5.49. The Kier molecular flexibility index (Phi) is 3.68. The number of nitrogens with zero attached hydrogens (tertiary/aromatic N) is 6. The smallest absolute Gasteiger partial charge is 0.283 e. The van der Waals surface area contributed by atoms with Crippen LogP contribution in [0.15, 0.2) is 21.2 Å². The van der Waals surface area contributed by atoms with Crippen molar-refractivity contribution in [2.45, 2.75) is 46.3 Å². The SMILES string of the molecule is Cc1ccoc1-c1nnc(CN2CCn3c(nnc3C(C)C)C2)o1. The number of aryl methyl sites for hydroxylation is 1. The highest BCUT2D eigenvalue weighted by atomic mass is 16.4. The third-order valence-corrected chi connectivity index (χ3v) is 4.26. The van der Waals surface area contributed by atoms with E-state index < -0.39 is 0 Å². The summed E-state index contributed by atoms with van der Waals surface area (Å²) in [6.45, 7) is 9.34. The number of hydrogen-bond donors (Lipinski definition) is 0. The van der Waals surface area contributed by atoms with Crippen LogP contribution in [0.3, 0.4) is 0 Å². The average Bonchev–Trinajstić information content (AvgIpc) is 3.26. The molecule has 0 radical (unpaired) electrons. The van der Waals surface area contributed by atoms with Gasteiger partial charge in [0.1, 0.15) is 11.6 Å². The Hall–Kier alpha value is -2.48. The molecule has 24 heavy (non-hydrogen) atoms. The molecule has 4 heterocycles. The molecule has 0 bridgehead atoms. The minimum absolute atomic E-state index is 0.382. The number of furan rings is 1. The van der Waals surface area contributed by atoms with Crippen molar-refractivity contribution in [2.75, 3.05) is 6.54 Å². The minimum atomic E-state index is 0.382. The first-order chi connectivity index (χ1) is 11.6. The second-order valence-electron chi connectivity index (χ2n) is 6.43. The van der Waals surface area contributed by atoms with E-state index in [1.54, 1.807) is 6.26 Å². The van der Waals surface area contributed by atoms with Crippen molar-refractivity contribution >= 4 is 0 Å². The van der Waals surface area contributed by atoms with Gasteiger partial charge in [-0.1, -0.05) is 13.8 Å². The lowest BCUT2D eigenvalue weighted by Gasteiger charge is -2.26. The fourth-order valence-corrected chi connectivity index (χ4v) is 2.98. The number of aromatic nitrogens is 5. The second kappa shape index (κ2) is 5.86. The Bertz CT molecular complexity index is 847. The molecule has 1 aliphatic heterocycles. The maximum absolute atomic E-state index is 5.74. The first-order valence-electron chi connectivity index (χ1n) is 8.13. The van der Waals surface area contributed by atoms with Crippen LogP contribution in [0, 0.1) is 6.92 Å². The van der Waals surface area contributed by atoms with Gasteiger partial charge in [0.2, 0.25) is 5.89 Å². The van der Waals surface area contributed by atoms with Crippen LogP contribution in [0.4, 0.5) is 0 Å². The highest BCUT2D eigenvalue weighted by Gasteiger charge is 2.24. The maximum atomic E-state index is 5.74. The molecular weight excluding hydrogens is 308 g/mol. The van der Waals surface area contributed by atoms with Gasteiger partial charge in [0.15, 0.2) is 5.76 Å². The van der Waals surface area contributed by atoms with Gasteiger partial charge in [0.05, 0.1) is 19.4 Å². The van der Waals surface area contributed by atoms with Crippen molar-refractivity contribution in [3.63, 3.8) is 0 Å². The van der Waals surface area contributed by atoms with Gasteiger partial charge in [0.25, 0.3) is 5.89 Å². The van der Waals surface area contributed by atoms with Gasteiger partial charge in [-0.25, -0.2) is 0 Å². The fourth-order valence-electron chi connectivity index (χ4n) is 2.98. The third-order valence-electron chi connectivity index (χ3n) is 4.26. The van der Waals surface area contributed by atoms with Crippen LogP contribution in [0.25, 0.3) is 11.7 Å². The first kappa shape index (κ1) is 15.1. The van der Waals surface area contributed by atoms with Gasteiger partial charge >= 0.3 is 0 Å². The van der Waals surface area contributed by atoms with E-state index >= 15 is 0 Å². The maximum Gasteiger partial charge on any atom is 0.283 e. The standard InChI is InChI=1S/C16H20N6O2/c1-10(2)15-19-17-12-8-21(5-6-22(12)15)9-13-18-20-16(24-13)14-11(3)4-7-23-14/h4,7,10H,5-6,8-9H2,1-3H3. The van der Waals surface area contributed by atoms with Gasteiger partial charge in [-0.05, 0) is 13.0 Å². The molecule has 4 rings (SSSR count). The molecular formula is C16H20N6O2. The lowest BCUT2D eigenvalue weighted by Crippen LogP contribution is -2.34. The van der Waals surface area contributed by atoms with E-state index in [0.29, 0.717) is 30.0 Å². The van der Waals surface area contributed by atoms with Gasteiger partial charge in [-0.2, -0.15) is 0 Å². The summed E-state index contributed by atoms with van der Waals surface area (Å²) in [6.07, 6.45) is 1.62. The second-order valence-corrected chi connectivity index (χ2v) is 6.43. The van der Waals surface area contributed by atoms with Crippen molar-refractivity contribution in [3.05, 3.63) is 35.4 Å². The van der Waals surface area contributed by atoms with Crippen molar-refractivity contribution in [2.24, 2.45) is 0 Å². The summed E-state index contributed by atoms with van der Waals surface area (Å²) >= 11 is 0. The molecule has 0 saturated carbocycles. The van der Waals surface area contributed by atoms with Crippen molar-refractivity contribution in [1.29, 1.82) is 0 Å². The Balaban J connectivity index is 1.47. The molecule has 0 unspecified atom stereocenters. The van der Waals surface area contributed by atoms with E-state index in [0.717, 1.165) is 36.8 Å². The minimum Gasteiger partial charge on any atom is -0.459 e. The van der Waals surface area contributed by atoms with E-state index in [1.165, 1.54) is 0 Å². The lowest BCUT2D eigenvalue weighted by molar-refractivity contribution is 0.189. The topological polar surface area (TPSA) is 86.0 Å². The average molecular weight is 328 g/mol. The molecule has 0 atom stereocenters. The predicted octanol–water partition coefficient (Wildman–Crippen LogP) is 2.37. The van der Waals surface area contributed by atoms with Crippen LogP contribution in [0.5, 0.6) is 0 Å². The summed E-state index contributed by atoms with van der Waals surface area (Å²) in [5, 5.41) is 16.8. The summed E-state index contributed by atoms with van der Waals surface area (Å²) in [4.78, 5) is 2.24. The van der Waals surface area contributed by atoms with Crippen LogP contribution in [0.1, 0.15) is 42.9 Å². The molecule has 1 aliphatic rings. The quantitative estimate of drug-likeness (QED) is 0.726. The highest BCUT2D eigenvalue weighted by Crippen LogP contribution is 2.24. The van der Waals surface area contributed by atoms with Crippen LogP contribution in [-0.4, -0.2) is 36.4 Å².